The number of nitrogens with zero attached hydrogens (tertiary/aromatic N) is 1. The molecule has 0 saturated carbocycles. The first-order chi connectivity index (χ1) is 8.20. The van der Waals surface area contributed by atoms with Crippen molar-refractivity contribution in [3.8, 4) is 0 Å². The Morgan fingerprint density at radius 3 is 2.76 bits per heavy atom. The van der Waals surface area contributed by atoms with Crippen molar-refractivity contribution in [1.82, 2.24) is 4.90 Å². The lowest BCUT2D eigenvalue weighted by Gasteiger charge is -2.26. The van der Waals surface area contributed by atoms with Crippen molar-refractivity contribution in [2.75, 3.05) is 18.6 Å². The fourth-order valence-corrected chi connectivity index (χ4v) is 3.30. The van der Waals surface area contributed by atoms with Crippen molar-refractivity contribution >= 4 is 17.7 Å². The maximum Gasteiger partial charge on any atom is 0.244 e. The van der Waals surface area contributed by atoms with Gasteiger partial charge in [0.05, 0.1) is 0 Å². The van der Waals surface area contributed by atoms with Gasteiger partial charge in [-0.15, -0.1) is 0 Å². The first-order valence-corrected chi connectivity index (χ1v) is 7.00. The third-order valence-electron chi connectivity index (χ3n) is 3.23. The van der Waals surface area contributed by atoms with E-state index < -0.39 is 6.04 Å². The molecular formula is C13H18N2OS. The number of benzene rings is 1. The van der Waals surface area contributed by atoms with Gasteiger partial charge in [0.25, 0.3) is 0 Å². The van der Waals surface area contributed by atoms with Gasteiger partial charge in [-0.2, -0.15) is 11.8 Å². The number of amides is 1. The summed E-state index contributed by atoms with van der Waals surface area (Å²) in [6.45, 7) is 0. The Kier molecular flexibility index (Phi) is 4.07. The minimum Gasteiger partial charge on any atom is -0.340 e. The molecule has 0 spiro atoms. The Balaban J connectivity index is 2.04. The van der Waals surface area contributed by atoms with Crippen LogP contribution in [0.4, 0.5) is 0 Å². The SMILES string of the molecule is CN(C(=O)[C@H](N)c1ccccc1)[C@@H]1CCSC1. The Hall–Kier alpha value is -1.00. The molecule has 1 aromatic rings. The second-order valence-electron chi connectivity index (χ2n) is 4.35. The molecule has 1 saturated heterocycles. The molecule has 2 N–H and O–H groups in total. The van der Waals surface area contributed by atoms with Gasteiger partial charge in [-0.3, -0.25) is 4.79 Å². The van der Waals surface area contributed by atoms with Gasteiger partial charge in [0.2, 0.25) is 5.91 Å². The molecule has 2 atom stereocenters. The van der Waals surface area contributed by atoms with Gasteiger partial charge in [-0.25, -0.2) is 0 Å². The molecule has 0 radical (unpaired) electrons. The Morgan fingerprint density at radius 1 is 1.47 bits per heavy atom. The number of nitrogens with two attached hydrogens (primary N) is 1. The maximum atomic E-state index is 12.2. The van der Waals surface area contributed by atoms with E-state index in [1.165, 1.54) is 0 Å². The number of rotatable bonds is 3. The van der Waals surface area contributed by atoms with E-state index in [2.05, 4.69) is 0 Å². The van der Waals surface area contributed by atoms with Crippen LogP contribution in [0.25, 0.3) is 0 Å². The Morgan fingerprint density at radius 2 is 2.18 bits per heavy atom. The molecule has 92 valence electrons. The van der Waals surface area contributed by atoms with Crippen molar-refractivity contribution < 1.29 is 4.79 Å². The van der Waals surface area contributed by atoms with Crippen molar-refractivity contribution in [2.24, 2.45) is 5.73 Å². The summed E-state index contributed by atoms with van der Waals surface area (Å²) in [6, 6.07) is 9.37. The van der Waals surface area contributed by atoms with E-state index in [0.717, 1.165) is 23.5 Å². The summed E-state index contributed by atoms with van der Waals surface area (Å²) >= 11 is 1.90. The predicted molar refractivity (Wildman–Crippen MR) is 71.9 cm³/mol. The summed E-state index contributed by atoms with van der Waals surface area (Å²) in [4.78, 5) is 14.0. The number of carbonyl (C=O) groups is 1. The number of likely N-dealkylation sites (N-methyl/N-ethyl adjacent to an activating group) is 1. The maximum absolute atomic E-state index is 12.2. The zero-order valence-corrected chi connectivity index (χ0v) is 10.8. The average Bonchev–Trinajstić information content (AvgIpc) is 2.91. The van der Waals surface area contributed by atoms with Gasteiger partial charge in [-0.1, -0.05) is 30.3 Å². The minimum absolute atomic E-state index is 0.0173. The van der Waals surface area contributed by atoms with Crippen LogP contribution in [0.1, 0.15) is 18.0 Å². The van der Waals surface area contributed by atoms with Gasteiger partial charge in [0.1, 0.15) is 6.04 Å². The molecule has 0 aromatic heterocycles. The number of hydrogen-bond donors (Lipinski definition) is 1. The summed E-state index contributed by atoms with van der Waals surface area (Å²) in [7, 11) is 1.86. The van der Waals surface area contributed by atoms with Gasteiger partial charge in [0, 0.05) is 18.8 Å². The molecule has 1 amide bonds. The molecule has 1 aliphatic heterocycles. The highest BCUT2D eigenvalue weighted by atomic mass is 32.2. The first kappa shape index (κ1) is 12.5. The lowest BCUT2D eigenvalue weighted by molar-refractivity contribution is -0.133. The van der Waals surface area contributed by atoms with E-state index in [1.807, 2.05) is 54.0 Å². The van der Waals surface area contributed by atoms with Crippen LogP contribution in [0.15, 0.2) is 30.3 Å². The van der Waals surface area contributed by atoms with Gasteiger partial charge < -0.3 is 10.6 Å². The summed E-state index contributed by atoms with van der Waals surface area (Å²) in [5.74, 6) is 2.19. The summed E-state index contributed by atoms with van der Waals surface area (Å²) < 4.78 is 0. The van der Waals surface area contributed by atoms with Gasteiger partial charge in [-0.05, 0) is 17.7 Å². The van der Waals surface area contributed by atoms with Gasteiger partial charge in [0.15, 0.2) is 0 Å². The van der Waals surface area contributed by atoms with Crippen LogP contribution in [0.2, 0.25) is 0 Å². The third-order valence-corrected chi connectivity index (χ3v) is 4.37. The van der Waals surface area contributed by atoms with Gasteiger partial charge >= 0.3 is 0 Å². The van der Waals surface area contributed by atoms with E-state index in [0.29, 0.717) is 6.04 Å². The van der Waals surface area contributed by atoms with E-state index in [4.69, 9.17) is 5.73 Å². The van der Waals surface area contributed by atoms with E-state index in [9.17, 15) is 4.79 Å². The molecule has 1 heterocycles. The molecule has 0 bridgehead atoms. The first-order valence-electron chi connectivity index (χ1n) is 5.85. The molecule has 17 heavy (non-hydrogen) atoms. The van der Waals surface area contributed by atoms with E-state index in [-0.39, 0.29) is 5.91 Å². The quantitative estimate of drug-likeness (QED) is 0.887. The second kappa shape index (κ2) is 5.56. The zero-order chi connectivity index (χ0) is 12.3. The number of hydrogen-bond acceptors (Lipinski definition) is 3. The van der Waals surface area contributed by atoms with E-state index in [1.54, 1.807) is 0 Å². The molecular weight excluding hydrogens is 232 g/mol. The standard InChI is InChI=1S/C13H18N2OS/c1-15(11-7-8-17-9-11)13(16)12(14)10-5-3-2-4-6-10/h2-6,11-12H,7-9,14H2,1H3/t11-,12-/m1/s1. The largest absolute Gasteiger partial charge is 0.340 e. The normalized spacial score (nSPS) is 21.2. The monoisotopic (exact) mass is 250 g/mol. The van der Waals surface area contributed by atoms with Crippen LogP contribution in [-0.4, -0.2) is 35.4 Å². The third kappa shape index (κ3) is 2.82. The highest BCUT2D eigenvalue weighted by Crippen LogP contribution is 2.23. The highest BCUT2D eigenvalue weighted by molar-refractivity contribution is 7.99. The average molecular weight is 250 g/mol. The van der Waals surface area contributed by atoms with Crippen LogP contribution < -0.4 is 5.73 Å². The van der Waals surface area contributed by atoms with Crippen LogP contribution >= 0.6 is 11.8 Å². The highest BCUT2D eigenvalue weighted by Gasteiger charge is 2.27. The minimum atomic E-state index is -0.535. The Bertz CT molecular complexity index is 376. The molecule has 3 nitrogen and oxygen atoms in total. The van der Waals surface area contributed by atoms with Crippen molar-refractivity contribution in [2.45, 2.75) is 18.5 Å². The molecule has 2 rings (SSSR count). The fourth-order valence-electron chi connectivity index (χ4n) is 2.03. The van der Waals surface area contributed by atoms with Crippen LogP contribution in [0, 0.1) is 0 Å². The van der Waals surface area contributed by atoms with E-state index >= 15 is 0 Å². The lowest BCUT2D eigenvalue weighted by atomic mass is 10.1. The molecule has 0 aliphatic carbocycles. The number of carbonyl (C=O) groups excluding carboxylic acids is 1. The molecule has 0 unspecified atom stereocenters. The fraction of sp³-hybridized carbons (Fsp3) is 0.462. The molecule has 1 aromatic carbocycles. The topological polar surface area (TPSA) is 46.3 Å². The van der Waals surface area contributed by atoms with Crippen LogP contribution in [0.5, 0.6) is 0 Å². The Labute approximate surface area is 106 Å². The second-order valence-corrected chi connectivity index (χ2v) is 5.50. The smallest absolute Gasteiger partial charge is 0.244 e. The van der Waals surface area contributed by atoms with Crippen molar-refractivity contribution in [3.63, 3.8) is 0 Å². The van der Waals surface area contributed by atoms with Crippen molar-refractivity contribution in [3.05, 3.63) is 35.9 Å². The summed E-state index contributed by atoms with van der Waals surface area (Å²) in [5, 5.41) is 0. The molecule has 4 heteroatoms. The molecule has 1 fully saturated rings. The summed E-state index contributed by atoms with van der Waals surface area (Å²) in [6.07, 6.45) is 1.08. The van der Waals surface area contributed by atoms with Crippen LogP contribution in [0.3, 0.4) is 0 Å². The molecule has 1 aliphatic rings. The zero-order valence-electron chi connectivity index (χ0n) is 10.0. The summed E-state index contributed by atoms with van der Waals surface area (Å²) in [5.41, 5.74) is 6.89. The van der Waals surface area contributed by atoms with Crippen molar-refractivity contribution in [1.29, 1.82) is 0 Å². The van der Waals surface area contributed by atoms with Crippen LogP contribution in [-0.2, 0) is 4.79 Å². The predicted octanol–water partition coefficient (Wildman–Crippen LogP) is 1.65. The lowest BCUT2D eigenvalue weighted by Crippen LogP contribution is -2.42. The number of thioether (sulfide) groups is 1.